The Kier molecular flexibility index (Phi) is 4.77. The Morgan fingerprint density at radius 3 is 2.33 bits per heavy atom. The first kappa shape index (κ1) is 16.1. The van der Waals surface area contributed by atoms with Crippen molar-refractivity contribution in [2.24, 2.45) is 11.3 Å². The van der Waals surface area contributed by atoms with E-state index in [2.05, 4.69) is 25.7 Å². The van der Waals surface area contributed by atoms with Gasteiger partial charge in [-0.1, -0.05) is 20.8 Å². The van der Waals surface area contributed by atoms with Crippen molar-refractivity contribution >= 4 is 5.78 Å². The quantitative estimate of drug-likeness (QED) is 0.788. The zero-order chi connectivity index (χ0) is 15.6. The molecule has 4 heteroatoms. The molecule has 1 aromatic rings. The van der Waals surface area contributed by atoms with Gasteiger partial charge in [0.15, 0.2) is 17.4 Å². The molecule has 0 aromatic heterocycles. The smallest absolute Gasteiger partial charge is 0.176 e. The average Bonchev–Trinajstić information content (AvgIpc) is 2.41. The third kappa shape index (κ3) is 4.10. The molecule has 2 rings (SSSR count). The van der Waals surface area contributed by atoms with E-state index in [1.54, 1.807) is 0 Å². The molecule has 1 fully saturated rings. The van der Waals surface area contributed by atoms with Crippen LogP contribution < -0.4 is 0 Å². The highest BCUT2D eigenvalue weighted by atomic mass is 19.2. The van der Waals surface area contributed by atoms with Gasteiger partial charge in [0.2, 0.25) is 0 Å². The van der Waals surface area contributed by atoms with Crippen molar-refractivity contribution in [3.8, 4) is 0 Å². The molecule has 1 aromatic carbocycles. The first-order valence-electron chi connectivity index (χ1n) is 7.48. The van der Waals surface area contributed by atoms with Crippen molar-refractivity contribution < 1.29 is 13.6 Å². The molecule has 116 valence electrons. The van der Waals surface area contributed by atoms with Crippen LogP contribution >= 0.6 is 0 Å². The highest BCUT2D eigenvalue weighted by molar-refractivity contribution is 5.97. The van der Waals surface area contributed by atoms with Crippen molar-refractivity contribution in [1.82, 2.24) is 4.90 Å². The molecule has 1 aliphatic heterocycles. The van der Waals surface area contributed by atoms with E-state index >= 15 is 0 Å². The SMILES string of the molecule is CC(C)(C)C1CCN(CC(=O)c2ccc(F)c(F)c2)CC1. The summed E-state index contributed by atoms with van der Waals surface area (Å²) in [6.07, 6.45) is 2.16. The number of carbonyl (C=O) groups excluding carboxylic acids is 1. The number of ketones is 1. The van der Waals surface area contributed by atoms with Crippen LogP contribution in [0.1, 0.15) is 44.0 Å². The van der Waals surface area contributed by atoms with Gasteiger partial charge >= 0.3 is 0 Å². The van der Waals surface area contributed by atoms with Gasteiger partial charge in [0.05, 0.1) is 6.54 Å². The maximum Gasteiger partial charge on any atom is 0.176 e. The average molecular weight is 295 g/mol. The molecule has 0 radical (unpaired) electrons. The Hall–Kier alpha value is -1.29. The largest absolute Gasteiger partial charge is 0.296 e. The van der Waals surface area contributed by atoms with E-state index < -0.39 is 11.6 Å². The van der Waals surface area contributed by atoms with Crippen molar-refractivity contribution in [2.75, 3.05) is 19.6 Å². The summed E-state index contributed by atoms with van der Waals surface area (Å²) in [6.45, 7) is 8.80. The number of Topliss-reactive ketones (excluding diaryl/α,β-unsaturated/α-hetero) is 1. The predicted molar refractivity (Wildman–Crippen MR) is 79.3 cm³/mol. The normalized spacial score (nSPS) is 18.0. The fourth-order valence-corrected chi connectivity index (χ4v) is 2.92. The van der Waals surface area contributed by atoms with Gasteiger partial charge in [0, 0.05) is 5.56 Å². The van der Waals surface area contributed by atoms with Crippen molar-refractivity contribution in [1.29, 1.82) is 0 Å². The second kappa shape index (κ2) is 6.22. The number of hydrogen-bond donors (Lipinski definition) is 0. The van der Waals surface area contributed by atoms with E-state index in [1.807, 2.05) is 0 Å². The molecule has 0 aliphatic carbocycles. The van der Waals surface area contributed by atoms with Crippen LogP contribution in [0.2, 0.25) is 0 Å². The van der Waals surface area contributed by atoms with E-state index in [0.717, 1.165) is 38.1 Å². The summed E-state index contributed by atoms with van der Waals surface area (Å²) in [5.41, 5.74) is 0.544. The van der Waals surface area contributed by atoms with Crippen molar-refractivity contribution in [2.45, 2.75) is 33.6 Å². The minimum atomic E-state index is -0.965. The van der Waals surface area contributed by atoms with Crippen molar-refractivity contribution in [3.63, 3.8) is 0 Å². The monoisotopic (exact) mass is 295 g/mol. The topological polar surface area (TPSA) is 20.3 Å². The number of likely N-dealkylation sites (tertiary alicyclic amines) is 1. The van der Waals surface area contributed by atoms with Gasteiger partial charge in [-0.05, 0) is 55.5 Å². The van der Waals surface area contributed by atoms with Crippen LogP contribution in [0.5, 0.6) is 0 Å². The molecule has 2 nitrogen and oxygen atoms in total. The number of carbonyl (C=O) groups is 1. The first-order valence-corrected chi connectivity index (χ1v) is 7.48. The molecule has 0 spiro atoms. The van der Waals surface area contributed by atoms with E-state index in [1.165, 1.54) is 6.07 Å². The number of rotatable bonds is 3. The Morgan fingerprint density at radius 1 is 1.19 bits per heavy atom. The molecule has 1 heterocycles. The minimum absolute atomic E-state index is 0.150. The number of benzene rings is 1. The molecule has 0 saturated carbocycles. The summed E-state index contributed by atoms with van der Waals surface area (Å²) in [5, 5.41) is 0. The van der Waals surface area contributed by atoms with Crippen LogP contribution in [0.15, 0.2) is 18.2 Å². The third-order valence-electron chi connectivity index (χ3n) is 4.42. The minimum Gasteiger partial charge on any atom is -0.296 e. The summed E-state index contributed by atoms with van der Waals surface area (Å²) >= 11 is 0. The molecule has 0 N–H and O–H groups in total. The van der Waals surface area contributed by atoms with Crippen LogP contribution in [0.4, 0.5) is 8.78 Å². The molecule has 1 aliphatic rings. The third-order valence-corrected chi connectivity index (χ3v) is 4.42. The van der Waals surface area contributed by atoms with Gasteiger partial charge in [0.1, 0.15) is 0 Å². The van der Waals surface area contributed by atoms with Gasteiger partial charge in [-0.2, -0.15) is 0 Å². The zero-order valence-corrected chi connectivity index (χ0v) is 13.0. The van der Waals surface area contributed by atoms with Gasteiger partial charge < -0.3 is 0 Å². The summed E-state index contributed by atoms with van der Waals surface area (Å²) in [4.78, 5) is 14.2. The zero-order valence-electron chi connectivity index (χ0n) is 13.0. The predicted octanol–water partition coefficient (Wildman–Crippen LogP) is 3.91. The summed E-state index contributed by atoms with van der Waals surface area (Å²) in [7, 11) is 0. The van der Waals surface area contributed by atoms with Crippen molar-refractivity contribution in [3.05, 3.63) is 35.4 Å². The number of hydrogen-bond acceptors (Lipinski definition) is 2. The summed E-state index contributed by atoms with van der Waals surface area (Å²) < 4.78 is 26.0. The van der Waals surface area contributed by atoms with E-state index in [0.29, 0.717) is 11.3 Å². The summed E-state index contributed by atoms with van der Waals surface area (Å²) in [5.74, 6) is -1.36. The Balaban J connectivity index is 1.91. The number of nitrogens with zero attached hydrogens (tertiary/aromatic N) is 1. The van der Waals surface area contributed by atoms with Gasteiger partial charge in [0.25, 0.3) is 0 Å². The van der Waals surface area contributed by atoms with E-state index in [9.17, 15) is 13.6 Å². The second-order valence-electron chi connectivity index (χ2n) is 6.97. The Labute approximate surface area is 125 Å². The van der Waals surface area contributed by atoms with Crippen LogP contribution in [-0.4, -0.2) is 30.3 Å². The fourth-order valence-electron chi connectivity index (χ4n) is 2.92. The second-order valence-corrected chi connectivity index (χ2v) is 6.97. The van der Waals surface area contributed by atoms with Gasteiger partial charge in [-0.25, -0.2) is 8.78 Å². The molecule has 0 amide bonds. The lowest BCUT2D eigenvalue weighted by molar-refractivity contribution is 0.0821. The molecule has 0 unspecified atom stereocenters. The van der Waals surface area contributed by atoms with Crippen LogP contribution in [0, 0.1) is 23.0 Å². The Morgan fingerprint density at radius 2 is 1.81 bits per heavy atom. The lowest BCUT2D eigenvalue weighted by atomic mass is 9.75. The first-order chi connectivity index (χ1) is 9.77. The van der Waals surface area contributed by atoms with Crippen LogP contribution in [-0.2, 0) is 0 Å². The lowest BCUT2D eigenvalue weighted by Crippen LogP contribution is -2.40. The molecule has 1 saturated heterocycles. The molecule has 0 atom stereocenters. The lowest BCUT2D eigenvalue weighted by Gasteiger charge is -2.38. The highest BCUT2D eigenvalue weighted by Gasteiger charge is 2.29. The number of piperidine rings is 1. The Bertz CT molecular complexity index is 514. The maximum absolute atomic E-state index is 13.2. The molecule has 0 bridgehead atoms. The standard InChI is InChI=1S/C17H23F2NO/c1-17(2,3)13-6-8-20(9-7-13)11-16(21)12-4-5-14(18)15(19)10-12/h4-5,10,13H,6-9,11H2,1-3H3. The van der Waals surface area contributed by atoms with Crippen LogP contribution in [0.3, 0.4) is 0 Å². The molecule has 21 heavy (non-hydrogen) atoms. The molecular weight excluding hydrogens is 272 g/mol. The van der Waals surface area contributed by atoms with Crippen LogP contribution in [0.25, 0.3) is 0 Å². The fraction of sp³-hybridized carbons (Fsp3) is 0.588. The summed E-state index contributed by atoms with van der Waals surface area (Å²) in [6, 6.07) is 3.34. The van der Waals surface area contributed by atoms with E-state index in [-0.39, 0.29) is 17.9 Å². The van der Waals surface area contributed by atoms with Gasteiger partial charge in [-0.15, -0.1) is 0 Å². The number of halogens is 2. The van der Waals surface area contributed by atoms with Gasteiger partial charge in [-0.3, -0.25) is 9.69 Å². The molecular formula is C17H23F2NO. The van der Waals surface area contributed by atoms with E-state index in [4.69, 9.17) is 0 Å². The maximum atomic E-state index is 13.2. The highest BCUT2D eigenvalue weighted by Crippen LogP contribution is 2.34.